The third-order valence-corrected chi connectivity index (χ3v) is 5.40. The lowest BCUT2D eigenvalue weighted by molar-refractivity contribution is -0.122. The molecule has 1 atom stereocenters. The molecule has 2 amide bonds. The third-order valence-electron chi connectivity index (χ3n) is 5.40. The summed E-state index contributed by atoms with van der Waals surface area (Å²) in [7, 11) is 1.82. The molecule has 0 fully saturated rings. The zero-order valence-electron chi connectivity index (χ0n) is 17.1. The number of aryl methyl sites for hydroxylation is 1. The van der Waals surface area contributed by atoms with Gasteiger partial charge in [-0.2, -0.15) is 5.26 Å². The molecule has 154 valence electrons. The Morgan fingerprint density at radius 3 is 2.42 bits per heavy atom. The Morgan fingerprint density at radius 1 is 0.968 bits per heavy atom. The minimum Gasteiger partial charge on any atom is -0.341 e. The number of aromatic nitrogens is 1. The molecule has 2 N–H and O–H groups in total. The van der Waals surface area contributed by atoms with Crippen LogP contribution in [0, 0.1) is 11.3 Å². The molecular formula is C25H22N4O2. The summed E-state index contributed by atoms with van der Waals surface area (Å²) in [5.74, 6) is -0.724. The van der Waals surface area contributed by atoms with E-state index in [9.17, 15) is 9.59 Å². The van der Waals surface area contributed by atoms with E-state index < -0.39 is 6.04 Å². The van der Waals surface area contributed by atoms with E-state index >= 15 is 0 Å². The number of para-hydroxylation sites is 1. The number of benzene rings is 3. The molecule has 0 radical (unpaired) electrons. The molecular weight excluding hydrogens is 388 g/mol. The van der Waals surface area contributed by atoms with Gasteiger partial charge in [-0.1, -0.05) is 60.7 Å². The Morgan fingerprint density at radius 2 is 1.68 bits per heavy atom. The van der Waals surface area contributed by atoms with Crippen molar-refractivity contribution in [3.05, 3.63) is 84.1 Å². The van der Waals surface area contributed by atoms with Crippen molar-refractivity contribution in [2.45, 2.75) is 12.5 Å². The summed E-state index contributed by atoms with van der Waals surface area (Å²) in [5.41, 5.74) is 2.33. The van der Waals surface area contributed by atoms with Crippen molar-refractivity contribution in [1.82, 2.24) is 15.2 Å². The number of fused-ring (bicyclic) bond motifs is 2. The minimum absolute atomic E-state index is 0.114. The van der Waals surface area contributed by atoms with Crippen molar-refractivity contribution in [2.24, 2.45) is 7.05 Å². The van der Waals surface area contributed by atoms with E-state index in [-0.39, 0.29) is 18.4 Å². The van der Waals surface area contributed by atoms with Crippen LogP contribution < -0.4 is 10.6 Å². The summed E-state index contributed by atoms with van der Waals surface area (Å²) < 4.78 is 1.81. The Labute approximate surface area is 180 Å². The fourth-order valence-electron chi connectivity index (χ4n) is 3.80. The Kier molecular flexibility index (Phi) is 5.67. The molecule has 0 aliphatic rings. The van der Waals surface area contributed by atoms with Gasteiger partial charge in [0, 0.05) is 24.4 Å². The number of nitriles is 1. The Bertz CT molecular complexity index is 1320. The topological polar surface area (TPSA) is 86.9 Å². The number of amides is 2. The fraction of sp³-hybridized carbons (Fsp3) is 0.160. The highest BCUT2D eigenvalue weighted by Crippen LogP contribution is 2.19. The van der Waals surface area contributed by atoms with E-state index in [1.807, 2.05) is 90.5 Å². The van der Waals surface area contributed by atoms with Gasteiger partial charge in [-0.3, -0.25) is 9.59 Å². The highest BCUT2D eigenvalue weighted by molar-refractivity contribution is 6.00. The molecule has 31 heavy (non-hydrogen) atoms. The molecule has 1 unspecified atom stereocenters. The van der Waals surface area contributed by atoms with Gasteiger partial charge < -0.3 is 15.2 Å². The molecule has 0 aliphatic carbocycles. The van der Waals surface area contributed by atoms with Crippen LogP contribution in [-0.4, -0.2) is 29.0 Å². The predicted octanol–water partition coefficient (Wildman–Crippen LogP) is 3.31. The molecule has 0 saturated carbocycles. The maximum Gasteiger partial charge on any atom is 0.268 e. The molecule has 0 saturated heterocycles. The average molecular weight is 410 g/mol. The van der Waals surface area contributed by atoms with Gasteiger partial charge in [0.15, 0.2) is 0 Å². The van der Waals surface area contributed by atoms with Gasteiger partial charge in [-0.15, -0.1) is 0 Å². The standard InChI is InChI=1S/C25H22N4O2/c1-29-22-9-5-4-8-20(22)16-23(29)25(31)28-21(24(30)27-13-12-26)15-17-10-11-18-6-2-3-7-19(18)14-17/h2-11,14,16,21H,13,15H2,1H3,(H,27,30)(H,28,31). The monoisotopic (exact) mass is 410 g/mol. The zero-order valence-corrected chi connectivity index (χ0v) is 17.1. The quantitative estimate of drug-likeness (QED) is 0.478. The first-order valence-corrected chi connectivity index (χ1v) is 10.0. The number of nitrogens with zero attached hydrogens (tertiary/aromatic N) is 2. The summed E-state index contributed by atoms with van der Waals surface area (Å²) in [4.78, 5) is 25.8. The second-order valence-corrected chi connectivity index (χ2v) is 7.44. The van der Waals surface area contributed by atoms with E-state index in [4.69, 9.17) is 5.26 Å². The van der Waals surface area contributed by atoms with Crippen LogP contribution in [-0.2, 0) is 18.3 Å². The smallest absolute Gasteiger partial charge is 0.268 e. The summed E-state index contributed by atoms with van der Waals surface area (Å²) >= 11 is 0. The van der Waals surface area contributed by atoms with Crippen LogP contribution >= 0.6 is 0 Å². The second-order valence-electron chi connectivity index (χ2n) is 7.44. The Balaban J connectivity index is 1.60. The lowest BCUT2D eigenvalue weighted by Crippen LogP contribution is -2.48. The number of rotatable bonds is 6. The zero-order chi connectivity index (χ0) is 21.8. The first-order valence-electron chi connectivity index (χ1n) is 10.0. The lowest BCUT2D eigenvalue weighted by Gasteiger charge is -2.18. The van der Waals surface area contributed by atoms with Crippen LogP contribution in [0.15, 0.2) is 72.8 Å². The molecule has 6 heteroatoms. The molecule has 0 aliphatic heterocycles. The average Bonchev–Trinajstić information content (AvgIpc) is 3.13. The number of hydrogen-bond donors (Lipinski definition) is 2. The first kappa shape index (κ1) is 20.2. The van der Waals surface area contributed by atoms with Crippen LogP contribution in [0.2, 0.25) is 0 Å². The normalized spacial score (nSPS) is 11.7. The highest BCUT2D eigenvalue weighted by Gasteiger charge is 2.23. The van der Waals surface area contributed by atoms with Crippen LogP contribution in [0.5, 0.6) is 0 Å². The van der Waals surface area contributed by atoms with Crippen molar-refractivity contribution < 1.29 is 9.59 Å². The van der Waals surface area contributed by atoms with Gasteiger partial charge in [0.2, 0.25) is 5.91 Å². The first-order chi connectivity index (χ1) is 15.1. The fourth-order valence-corrected chi connectivity index (χ4v) is 3.80. The summed E-state index contributed by atoms with van der Waals surface area (Å²) in [5, 5.41) is 17.4. The maximum absolute atomic E-state index is 13.0. The molecule has 1 aromatic heterocycles. The highest BCUT2D eigenvalue weighted by atomic mass is 16.2. The van der Waals surface area contributed by atoms with Crippen molar-refractivity contribution in [3.63, 3.8) is 0 Å². The van der Waals surface area contributed by atoms with Crippen molar-refractivity contribution in [1.29, 1.82) is 5.26 Å². The van der Waals surface area contributed by atoms with Gasteiger partial charge in [0.25, 0.3) is 5.91 Å². The van der Waals surface area contributed by atoms with Crippen molar-refractivity contribution in [2.75, 3.05) is 6.54 Å². The largest absolute Gasteiger partial charge is 0.341 e. The van der Waals surface area contributed by atoms with Crippen LogP contribution in [0.3, 0.4) is 0 Å². The van der Waals surface area contributed by atoms with Crippen LogP contribution in [0.4, 0.5) is 0 Å². The number of carbonyl (C=O) groups excluding carboxylic acids is 2. The SMILES string of the molecule is Cn1c(C(=O)NC(Cc2ccc3ccccc3c2)C(=O)NCC#N)cc2ccccc21. The summed E-state index contributed by atoms with van der Waals surface area (Å²) in [6, 6.07) is 24.6. The van der Waals surface area contributed by atoms with Gasteiger partial charge in [-0.25, -0.2) is 0 Å². The lowest BCUT2D eigenvalue weighted by atomic mass is 10.0. The van der Waals surface area contributed by atoms with Crippen molar-refractivity contribution >= 4 is 33.5 Å². The van der Waals surface area contributed by atoms with E-state index in [2.05, 4.69) is 10.6 Å². The Hall–Kier alpha value is -4.11. The maximum atomic E-state index is 13.0. The number of hydrogen-bond acceptors (Lipinski definition) is 3. The molecule has 3 aromatic carbocycles. The molecule has 4 aromatic rings. The number of nitrogens with one attached hydrogen (secondary N) is 2. The van der Waals surface area contributed by atoms with E-state index in [0.29, 0.717) is 12.1 Å². The predicted molar refractivity (Wildman–Crippen MR) is 120 cm³/mol. The van der Waals surface area contributed by atoms with E-state index in [0.717, 1.165) is 27.2 Å². The number of carbonyl (C=O) groups is 2. The van der Waals surface area contributed by atoms with Crippen LogP contribution in [0.1, 0.15) is 16.1 Å². The van der Waals surface area contributed by atoms with Gasteiger partial charge in [0.1, 0.15) is 18.3 Å². The van der Waals surface area contributed by atoms with Crippen LogP contribution in [0.25, 0.3) is 21.7 Å². The summed E-state index contributed by atoms with van der Waals surface area (Å²) in [6.07, 6.45) is 0.317. The van der Waals surface area contributed by atoms with Gasteiger partial charge in [-0.05, 0) is 28.5 Å². The minimum atomic E-state index is -0.806. The summed E-state index contributed by atoms with van der Waals surface area (Å²) in [6.45, 7) is -0.114. The molecule has 1 heterocycles. The van der Waals surface area contributed by atoms with E-state index in [1.165, 1.54) is 0 Å². The third kappa shape index (κ3) is 4.26. The van der Waals surface area contributed by atoms with Crippen molar-refractivity contribution in [3.8, 4) is 6.07 Å². The van der Waals surface area contributed by atoms with E-state index in [1.54, 1.807) is 0 Å². The molecule has 0 bridgehead atoms. The van der Waals surface area contributed by atoms with Gasteiger partial charge in [0.05, 0.1) is 6.07 Å². The second kappa shape index (κ2) is 8.72. The molecule has 0 spiro atoms. The molecule has 4 rings (SSSR count). The molecule has 6 nitrogen and oxygen atoms in total. The van der Waals surface area contributed by atoms with Gasteiger partial charge >= 0.3 is 0 Å².